The summed E-state index contributed by atoms with van der Waals surface area (Å²) in [4.78, 5) is 30.9. The lowest BCUT2D eigenvalue weighted by molar-refractivity contribution is 0.0990. The van der Waals surface area contributed by atoms with E-state index in [9.17, 15) is 9.59 Å². The molecule has 2 aromatic carbocycles. The molecule has 0 aliphatic heterocycles. The maximum atomic E-state index is 12.8. The highest BCUT2D eigenvalue weighted by Gasteiger charge is 2.33. The number of thiophene rings is 1. The van der Waals surface area contributed by atoms with Crippen molar-refractivity contribution in [3.8, 4) is 10.8 Å². The third kappa shape index (κ3) is 2.43. The van der Waals surface area contributed by atoms with Crippen LogP contribution in [0.15, 0.2) is 74.4 Å². The zero-order valence-electron chi connectivity index (χ0n) is 14.8. The molecule has 3 aromatic heterocycles. The minimum Gasteiger partial charge on any atom is -0.436 e. The van der Waals surface area contributed by atoms with Gasteiger partial charge in [-0.2, -0.15) is 4.98 Å². The first-order valence-corrected chi connectivity index (χ1v) is 9.83. The quantitative estimate of drug-likeness (QED) is 0.279. The van der Waals surface area contributed by atoms with Gasteiger partial charge in [0.05, 0.1) is 10.5 Å². The normalized spacial score (nSPS) is 13.6. The molecule has 0 unspecified atom stereocenters. The third-order valence-electron chi connectivity index (χ3n) is 4.99. The van der Waals surface area contributed by atoms with Gasteiger partial charge in [-0.15, -0.1) is 11.3 Å². The maximum absolute atomic E-state index is 12.8. The van der Waals surface area contributed by atoms with Crippen LogP contribution in [0.25, 0.3) is 38.9 Å². The summed E-state index contributed by atoms with van der Waals surface area (Å²) in [6.07, 6.45) is 1.47. The molecule has 5 aromatic rings. The van der Waals surface area contributed by atoms with E-state index in [1.54, 1.807) is 18.2 Å². The van der Waals surface area contributed by atoms with Gasteiger partial charge >= 0.3 is 0 Å². The molecule has 0 N–H and O–H groups in total. The number of benzene rings is 2. The van der Waals surface area contributed by atoms with E-state index in [-0.39, 0.29) is 17.1 Å². The van der Waals surface area contributed by atoms with Gasteiger partial charge in [0.2, 0.25) is 5.89 Å². The summed E-state index contributed by atoms with van der Waals surface area (Å²) in [5.74, 6) is 0.255. The standard InChI is InChI=1S/C23H11NO4S/c25-20-15-8-12-4-1-2-5-13(12)9-16(15)21(26)17(20)10-14-11-18-22(27-14)24-23(28-18)19-6-3-7-29-19/h1-11H. The SMILES string of the molecule is O=C1C(=Cc2cc3oc(-c4cccs4)nc3o2)C(=O)c2cc3ccccc3cc21. The van der Waals surface area contributed by atoms with Gasteiger partial charge in [0.25, 0.3) is 5.71 Å². The summed E-state index contributed by atoms with van der Waals surface area (Å²) in [6.45, 7) is 0. The lowest BCUT2D eigenvalue weighted by Crippen LogP contribution is -1.99. The lowest BCUT2D eigenvalue weighted by atomic mass is 10.0. The van der Waals surface area contributed by atoms with E-state index in [1.807, 2.05) is 41.8 Å². The minimum absolute atomic E-state index is 0.0881. The fourth-order valence-electron chi connectivity index (χ4n) is 3.61. The monoisotopic (exact) mass is 397 g/mol. The maximum Gasteiger partial charge on any atom is 0.266 e. The molecule has 0 saturated heterocycles. The number of rotatable bonds is 2. The second-order valence-corrected chi connectivity index (χ2v) is 7.72. The molecule has 0 atom stereocenters. The van der Waals surface area contributed by atoms with Gasteiger partial charge in [0.1, 0.15) is 5.76 Å². The van der Waals surface area contributed by atoms with E-state index >= 15 is 0 Å². The van der Waals surface area contributed by atoms with Crippen LogP contribution in [0.4, 0.5) is 0 Å². The van der Waals surface area contributed by atoms with Crippen molar-refractivity contribution in [3.05, 3.63) is 82.4 Å². The number of carbonyl (C=O) groups is 2. The first-order chi connectivity index (χ1) is 14.2. The zero-order chi connectivity index (χ0) is 19.5. The second-order valence-electron chi connectivity index (χ2n) is 6.78. The van der Waals surface area contributed by atoms with Gasteiger partial charge in [-0.1, -0.05) is 30.3 Å². The van der Waals surface area contributed by atoms with Gasteiger partial charge in [-0.3, -0.25) is 9.59 Å². The summed E-state index contributed by atoms with van der Waals surface area (Å²) in [6, 6.07) is 16.7. The number of furan rings is 1. The van der Waals surface area contributed by atoms with Crippen molar-refractivity contribution < 1.29 is 18.4 Å². The number of Topliss-reactive ketones (excluding diaryl/α,β-unsaturated/α-hetero) is 2. The fraction of sp³-hybridized carbons (Fsp3) is 0. The molecule has 0 saturated carbocycles. The van der Waals surface area contributed by atoms with Crippen molar-refractivity contribution in [1.29, 1.82) is 0 Å². The Kier molecular flexibility index (Phi) is 3.28. The molecule has 1 aliphatic rings. The second kappa shape index (κ2) is 5.86. The first-order valence-electron chi connectivity index (χ1n) is 8.95. The molecule has 138 valence electrons. The molecule has 1 aliphatic carbocycles. The van der Waals surface area contributed by atoms with Gasteiger partial charge in [-0.05, 0) is 40.4 Å². The van der Waals surface area contributed by atoms with E-state index in [2.05, 4.69) is 4.98 Å². The number of ketones is 2. The van der Waals surface area contributed by atoms with Crippen molar-refractivity contribution in [2.75, 3.05) is 0 Å². The molecule has 0 fully saturated rings. The average molecular weight is 397 g/mol. The van der Waals surface area contributed by atoms with Crippen LogP contribution in [0.3, 0.4) is 0 Å². The molecule has 0 amide bonds. The van der Waals surface area contributed by atoms with Crippen LogP contribution in [-0.2, 0) is 0 Å². The molecule has 6 heteroatoms. The van der Waals surface area contributed by atoms with Gasteiger partial charge in [-0.25, -0.2) is 0 Å². The molecule has 5 nitrogen and oxygen atoms in total. The van der Waals surface area contributed by atoms with Crippen molar-refractivity contribution in [2.24, 2.45) is 0 Å². The third-order valence-corrected chi connectivity index (χ3v) is 5.85. The number of hydrogen-bond acceptors (Lipinski definition) is 6. The number of aromatic nitrogens is 1. The van der Waals surface area contributed by atoms with Crippen LogP contribution in [-0.4, -0.2) is 16.6 Å². The summed E-state index contributed by atoms with van der Waals surface area (Å²) in [5.41, 5.74) is 1.74. The Labute approximate surface area is 167 Å². The highest BCUT2D eigenvalue weighted by Crippen LogP contribution is 2.33. The van der Waals surface area contributed by atoms with Crippen molar-refractivity contribution in [2.45, 2.75) is 0 Å². The summed E-state index contributed by atoms with van der Waals surface area (Å²) in [5, 5.41) is 3.79. The average Bonchev–Trinajstić information content (AvgIpc) is 3.48. The van der Waals surface area contributed by atoms with Crippen molar-refractivity contribution in [3.63, 3.8) is 0 Å². The van der Waals surface area contributed by atoms with Gasteiger partial charge in [0, 0.05) is 17.2 Å². The van der Waals surface area contributed by atoms with E-state index in [0.717, 1.165) is 15.6 Å². The van der Waals surface area contributed by atoms with Crippen LogP contribution in [0.1, 0.15) is 26.5 Å². The van der Waals surface area contributed by atoms with Crippen LogP contribution in [0.2, 0.25) is 0 Å². The van der Waals surface area contributed by atoms with E-state index in [1.165, 1.54) is 17.4 Å². The van der Waals surface area contributed by atoms with Crippen LogP contribution in [0, 0.1) is 0 Å². The highest BCUT2D eigenvalue weighted by atomic mass is 32.1. The number of fused-ring (bicyclic) bond motifs is 3. The summed E-state index contributed by atoms with van der Waals surface area (Å²) >= 11 is 1.52. The molecule has 0 radical (unpaired) electrons. The predicted octanol–water partition coefficient (Wildman–Crippen LogP) is 5.77. The van der Waals surface area contributed by atoms with Gasteiger partial charge in [0.15, 0.2) is 17.1 Å². The Morgan fingerprint density at radius 3 is 2.21 bits per heavy atom. The zero-order valence-corrected chi connectivity index (χ0v) is 15.7. The highest BCUT2D eigenvalue weighted by molar-refractivity contribution is 7.13. The number of oxazole rings is 1. The van der Waals surface area contributed by atoms with Crippen molar-refractivity contribution in [1.82, 2.24) is 4.98 Å². The Hall–Kier alpha value is -3.77. The number of carbonyl (C=O) groups excluding carboxylic acids is 2. The fourth-order valence-corrected chi connectivity index (χ4v) is 4.26. The molecule has 0 spiro atoms. The molecular formula is C23H11NO4S. The number of nitrogens with zero attached hydrogens (tertiary/aromatic N) is 1. The molecule has 29 heavy (non-hydrogen) atoms. The Balaban J connectivity index is 1.41. The molecule has 3 heterocycles. The lowest BCUT2D eigenvalue weighted by Gasteiger charge is -2.00. The smallest absolute Gasteiger partial charge is 0.266 e. The van der Waals surface area contributed by atoms with Crippen molar-refractivity contribution >= 4 is 51.0 Å². The summed E-state index contributed by atoms with van der Waals surface area (Å²) in [7, 11) is 0. The molecule has 0 bridgehead atoms. The molecular weight excluding hydrogens is 386 g/mol. The number of hydrogen-bond donors (Lipinski definition) is 0. The van der Waals surface area contributed by atoms with E-state index in [0.29, 0.717) is 34.1 Å². The largest absolute Gasteiger partial charge is 0.436 e. The van der Waals surface area contributed by atoms with E-state index < -0.39 is 0 Å². The Bertz CT molecular complexity index is 1400. The Morgan fingerprint density at radius 2 is 1.59 bits per heavy atom. The van der Waals surface area contributed by atoms with E-state index in [4.69, 9.17) is 8.83 Å². The Morgan fingerprint density at radius 1 is 0.862 bits per heavy atom. The first kappa shape index (κ1) is 16.2. The predicted molar refractivity (Wildman–Crippen MR) is 110 cm³/mol. The van der Waals surface area contributed by atoms with Crippen LogP contribution >= 0.6 is 11.3 Å². The number of allylic oxidation sites excluding steroid dienone is 1. The van der Waals surface area contributed by atoms with Crippen LogP contribution < -0.4 is 0 Å². The summed E-state index contributed by atoms with van der Waals surface area (Å²) < 4.78 is 11.4. The topological polar surface area (TPSA) is 73.3 Å². The molecule has 6 rings (SSSR count). The van der Waals surface area contributed by atoms with Gasteiger partial charge < -0.3 is 8.83 Å². The minimum atomic E-state index is -0.295. The van der Waals surface area contributed by atoms with Crippen LogP contribution in [0.5, 0.6) is 0 Å².